The van der Waals surface area contributed by atoms with Gasteiger partial charge in [0.05, 0.1) is 11.4 Å². The van der Waals surface area contributed by atoms with Gasteiger partial charge < -0.3 is 15.7 Å². The summed E-state index contributed by atoms with van der Waals surface area (Å²) in [5.74, 6) is -1.60. The van der Waals surface area contributed by atoms with Crippen molar-refractivity contribution < 1.29 is 23.5 Å². The van der Waals surface area contributed by atoms with Crippen LogP contribution in [0, 0.1) is 11.6 Å². The third-order valence-corrected chi connectivity index (χ3v) is 4.04. The summed E-state index contributed by atoms with van der Waals surface area (Å²) in [6, 6.07) is 8.26. The Morgan fingerprint density at radius 3 is 2.25 bits per heavy atom. The minimum atomic E-state index is -1.23. The standard InChI is InChI=1S/C20H23F2N3O3/c1-12(25(19(27)28)20(2,3)4)18(26)24-16-9-8-14(22)11-17(16)23-15-7-5-6-13(21)10-15/h5-12,23H,1-4H3,(H,24,26)(H,27,28)/t12-/m0/s1. The van der Waals surface area contributed by atoms with E-state index in [0.717, 1.165) is 17.0 Å². The van der Waals surface area contributed by atoms with Crippen LogP contribution in [-0.2, 0) is 4.79 Å². The van der Waals surface area contributed by atoms with Gasteiger partial charge in [-0.15, -0.1) is 0 Å². The highest BCUT2D eigenvalue weighted by atomic mass is 19.1. The predicted molar refractivity (Wildman–Crippen MR) is 104 cm³/mol. The normalized spacial score (nSPS) is 12.2. The molecule has 2 rings (SSSR count). The number of carbonyl (C=O) groups excluding carboxylic acids is 1. The highest BCUT2D eigenvalue weighted by Crippen LogP contribution is 2.28. The van der Waals surface area contributed by atoms with E-state index in [-0.39, 0.29) is 11.4 Å². The predicted octanol–water partition coefficient (Wildman–Crippen LogP) is 4.81. The number of hydrogen-bond donors (Lipinski definition) is 3. The lowest BCUT2D eigenvalue weighted by atomic mass is 10.0. The SMILES string of the molecule is C[C@@H](C(=O)Nc1ccc(F)cc1Nc1cccc(F)c1)N(C(=O)O)C(C)(C)C. The second-order valence-electron chi connectivity index (χ2n) is 7.31. The van der Waals surface area contributed by atoms with Gasteiger partial charge in [0.25, 0.3) is 0 Å². The van der Waals surface area contributed by atoms with Gasteiger partial charge in [0.15, 0.2) is 0 Å². The van der Waals surface area contributed by atoms with Crippen LogP contribution in [0.1, 0.15) is 27.7 Å². The minimum absolute atomic E-state index is 0.212. The summed E-state index contributed by atoms with van der Waals surface area (Å²) in [4.78, 5) is 25.3. The number of amides is 2. The van der Waals surface area contributed by atoms with Crippen molar-refractivity contribution in [2.75, 3.05) is 10.6 Å². The van der Waals surface area contributed by atoms with Crippen LogP contribution in [0.2, 0.25) is 0 Å². The maximum Gasteiger partial charge on any atom is 0.408 e. The fourth-order valence-electron chi connectivity index (χ4n) is 2.84. The number of nitrogens with one attached hydrogen (secondary N) is 2. The van der Waals surface area contributed by atoms with E-state index in [1.807, 2.05) is 0 Å². The van der Waals surface area contributed by atoms with Crippen LogP contribution in [0.4, 0.5) is 30.6 Å². The van der Waals surface area contributed by atoms with Crippen LogP contribution in [0.25, 0.3) is 0 Å². The average molecular weight is 391 g/mol. The van der Waals surface area contributed by atoms with Crippen molar-refractivity contribution in [1.82, 2.24) is 4.90 Å². The number of benzene rings is 2. The highest BCUT2D eigenvalue weighted by Gasteiger charge is 2.34. The van der Waals surface area contributed by atoms with E-state index in [2.05, 4.69) is 10.6 Å². The van der Waals surface area contributed by atoms with Gasteiger partial charge in [-0.3, -0.25) is 9.69 Å². The fraction of sp³-hybridized carbons (Fsp3) is 0.300. The number of carbonyl (C=O) groups is 2. The third-order valence-electron chi connectivity index (χ3n) is 4.04. The first-order chi connectivity index (χ1) is 13.0. The number of anilines is 3. The zero-order chi connectivity index (χ0) is 21.1. The summed E-state index contributed by atoms with van der Waals surface area (Å²) in [7, 11) is 0. The molecule has 0 aliphatic heterocycles. The molecule has 8 heteroatoms. The number of nitrogens with zero attached hydrogens (tertiary/aromatic N) is 1. The van der Waals surface area contributed by atoms with E-state index in [4.69, 9.17) is 0 Å². The summed E-state index contributed by atoms with van der Waals surface area (Å²) in [6.07, 6.45) is -1.23. The van der Waals surface area contributed by atoms with Crippen molar-refractivity contribution in [3.8, 4) is 0 Å². The highest BCUT2D eigenvalue weighted by molar-refractivity contribution is 5.99. The van der Waals surface area contributed by atoms with E-state index in [1.165, 1.54) is 31.2 Å². The van der Waals surface area contributed by atoms with Crippen LogP contribution < -0.4 is 10.6 Å². The summed E-state index contributed by atoms with van der Waals surface area (Å²) in [5.41, 5.74) is 0.0233. The Labute approximate surface area is 162 Å². The van der Waals surface area contributed by atoms with Gasteiger partial charge in [-0.2, -0.15) is 0 Å². The molecule has 0 spiro atoms. The van der Waals surface area contributed by atoms with Crippen molar-refractivity contribution in [1.29, 1.82) is 0 Å². The lowest BCUT2D eigenvalue weighted by molar-refractivity contribution is -0.121. The molecule has 0 aliphatic carbocycles. The van der Waals surface area contributed by atoms with Gasteiger partial charge in [-0.25, -0.2) is 13.6 Å². The second kappa shape index (κ2) is 8.24. The summed E-state index contributed by atoms with van der Waals surface area (Å²) in [6.45, 7) is 6.51. The third kappa shape index (κ3) is 5.18. The number of hydrogen-bond acceptors (Lipinski definition) is 3. The van der Waals surface area contributed by atoms with Gasteiger partial charge >= 0.3 is 6.09 Å². The molecule has 0 unspecified atom stereocenters. The van der Waals surface area contributed by atoms with Crippen LogP contribution in [0.3, 0.4) is 0 Å². The molecule has 0 fully saturated rings. The Hall–Kier alpha value is -3.16. The largest absolute Gasteiger partial charge is 0.465 e. The molecule has 150 valence electrons. The molecule has 0 radical (unpaired) electrons. The summed E-state index contributed by atoms with van der Waals surface area (Å²) >= 11 is 0. The van der Waals surface area contributed by atoms with Crippen molar-refractivity contribution in [3.63, 3.8) is 0 Å². The lowest BCUT2D eigenvalue weighted by Crippen LogP contribution is -2.54. The van der Waals surface area contributed by atoms with Crippen molar-refractivity contribution in [3.05, 3.63) is 54.1 Å². The van der Waals surface area contributed by atoms with E-state index in [0.29, 0.717) is 5.69 Å². The summed E-state index contributed by atoms with van der Waals surface area (Å²) < 4.78 is 27.1. The van der Waals surface area contributed by atoms with Gasteiger partial charge in [-0.1, -0.05) is 6.07 Å². The topological polar surface area (TPSA) is 81.7 Å². The molecule has 0 aromatic heterocycles. The van der Waals surface area contributed by atoms with E-state index in [9.17, 15) is 23.5 Å². The zero-order valence-electron chi connectivity index (χ0n) is 16.1. The maximum atomic E-state index is 13.7. The van der Waals surface area contributed by atoms with E-state index >= 15 is 0 Å². The molecule has 0 bridgehead atoms. The van der Waals surface area contributed by atoms with Crippen LogP contribution in [-0.4, -0.2) is 33.6 Å². The monoisotopic (exact) mass is 391 g/mol. The molecule has 2 aromatic rings. The van der Waals surface area contributed by atoms with Gasteiger partial charge in [0.2, 0.25) is 5.91 Å². The Morgan fingerprint density at radius 1 is 1.04 bits per heavy atom. The smallest absolute Gasteiger partial charge is 0.408 e. The van der Waals surface area contributed by atoms with E-state index in [1.54, 1.807) is 26.8 Å². The van der Waals surface area contributed by atoms with Crippen LogP contribution in [0.5, 0.6) is 0 Å². The molecular formula is C20H23F2N3O3. The van der Waals surface area contributed by atoms with Gasteiger partial charge in [0.1, 0.15) is 17.7 Å². The molecule has 1 atom stereocenters. The maximum absolute atomic E-state index is 13.7. The molecule has 0 aliphatic rings. The number of halogens is 2. The molecule has 3 N–H and O–H groups in total. The molecule has 0 saturated carbocycles. The molecular weight excluding hydrogens is 368 g/mol. The average Bonchev–Trinajstić information content (AvgIpc) is 2.55. The molecule has 2 aromatic carbocycles. The second-order valence-corrected chi connectivity index (χ2v) is 7.31. The first-order valence-electron chi connectivity index (χ1n) is 8.64. The molecule has 0 heterocycles. The van der Waals surface area contributed by atoms with Crippen LogP contribution >= 0.6 is 0 Å². The molecule has 6 nitrogen and oxygen atoms in total. The van der Waals surface area contributed by atoms with Crippen molar-refractivity contribution in [2.24, 2.45) is 0 Å². The quantitative estimate of drug-likeness (QED) is 0.683. The first kappa shape index (κ1) is 21.1. The van der Waals surface area contributed by atoms with Crippen molar-refractivity contribution in [2.45, 2.75) is 39.3 Å². The number of carboxylic acid groups (broad SMARTS) is 1. The molecule has 2 amide bonds. The Kier molecular flexibility index (Phi) is 6.23. The van der Waals surface area contributed by atoms with Crippen molar-refractivity contribution >= 4 is 29.1 Å². The van der Waals surface area contributed by atoms with Gasteiger partial charge in [0, 0.05) is 11.2 Å². The first-order valence-corrected chi connectivity index (χ1v) is 8.64. The summed E-state index contributed by atoms with van der Waals surface area (Å²) in [5, 5.41) is 14.9. The molecule has 28 heavy (non-hydrogen) atoms. The zero-order valence-corrected chi connectivity index (χ0v) is 16.1. The van der Waals surface area contributed by atoms with E-state index < -0.39 is 35.2 Å². The Morgan fingerprint density at radius 2 is 1.68 bits per heavy atom. The fourth-order valence-corrected chi connectivity index (χ4v) is 2.84. The number of rotatable bonds is 5. The Bertz CT molecular complexity index is 881. The molecule has 0 saturated heterocycles. The lowest BCUT2D eigenvalue weighted by Gasteiger charge is -2.37. The minimum Gasteiger partial charge on any atom is -0.465 e. The Balaban J connectivity index is 2.28. The van der Waals surface area contributed by atoms with Crippen LogP contribution in [0.15, 0.2) is 42.5 Å². The van der Waals surface area contributed by atoms with Gasteiger partial charge in [-0.05, 0) is 64.1 Å².